The molecular formula is C9H7ClFNO5S. The van der Waals surface area contributed by atoms with Gasteiger partial charge >= 0.3 is 5.97 Å². The summed E-state index contributed by atoms with van der Waals surface area (Å²) in [4.78, 5) is 20.6. The summed E-state index contributed by atoms with van der Waals surface area (Å²) in [7, 11) is -4.19. The lowest BCUT2D eigenvalue weighted by atomic mass is 10.2. The number of benzene rings is 1. The van der Waals surface area contributed by atoms with Crippen molar-refractivity contribution in [3.63, 3.8) is 0 Å². The van der Waals surface area contributed by atoms with Crippen LogP contribution in [0.1, 0.15) is 10.4 Å². The molecule has 1 aromatic carbocycles. The second-order valence-corrected chi connectivity index (χ2v) is 5.66. The fourth-order valence-corrected chi connectivity index (χ4v) is 2.48. The summed E-state index contributed by atoms with van der Waals surface area (Å²) in [6.45, 7) is 0. The van der Waals surface area contributed by atoms with Gasteiger partial charge in [0.2, 0.25) is 5.91 Å². The van der Waals surface area contributed by atoms with E-state index in [-0.39, 0.29) is 0 Å². The molecular weight excluding hydrogens is 289 g/mol. The van der Waals surface area contributed by atoms with E-state index in [0.29, 0.717) is 12.1 Å². The molecule has 1 aromatic rings. The highest BCUT2D eigenvalue weighted by atomic mass is 35.5. The van der Waals surface area contributed by atoms with E-state index in [1.165, 1.54) is 0 Å². The first kappa shape index (κ1) is 14.4. The number of primary amides is 1. The van der Waals surface area contributed by atoms with Gasteiger partial charge in [-0.25, -0.2) is 17.6 Å². The normalized spacial score (nSPS) is 11.2. The molecule has 0 aliphatic carbocycles. The predicted octanol–water partition coefficient (Wildman–Crippen LogP) is 0.436. The minimum Gasteiger partial charge on any atom is -0.478 e. The minimum atomic E-state index is -4.19. The molecule has 0 aliphatic rings. The number of hydrogen-bond donors (Lipinski definition) is 2. The van der Waals surface area contributed by atoms with Crippen LogP contribution in [-0.4, -0.2) is 31.2 Å². The molecule has 0 fully saturated rings. The van der Waals surface area contributed by atoms with Gasteiger partial charge in [-0.3, -0.25) is 4.79 Å². The second-order valence-electron chi connectivity index (χ2n) is 3.30. The molecule has 1 amide bonds. The molecule has 0 atom stereocenters. The van der Waals surface area contributed by atoms with E-state index in [4.69, 9.17) is 22.4 Å². The summed E-state index contributed by atoms with van der Waals surface area (Å²) in [5.41, 5.74) is 4.02. The van der Waals surface area contributed by atoms with Crippen molar-refractivity contribution in [3.05, 3.63) is 28.5 Å². The second kappa shape index (κ2) is 4.91. The molecule has 3 N–H and O–H groups in total. The summed E-state index contributed by atoms with van der Waals surface area (Å²) in [5.74, 6) is -4.98. The number of sulfone groups is 1. The molecule has 0 heterocycles. The average molecular weight is 296 g/mol. The van der Waals surface area contributed by atoms with Crippen LogP contribution in [0.2, 0.25) is 5.02 Å². The smallest absolute Gasteiger partial charge is 0.337 e. The third-order valence-corrected chi connectivity index (χ3v) is 3.93. The largest absolute Gasteiger partial charge is 0.478 e. The monoisotopic (exact) mass is 295 g/mol. The molecule has 0 saturated heterocycles. The maximum absolute atomic E-state index is 13.3. The van der Waals surface area contributed by atoms with E-state index in [2.05, 4.69) is 0 Å². The number of amides is 1. The van der Waals surface area contributed by atoms with Gasteiger partial charge in [0.25, 0.3) is 0 Å². The van der Waals surface area contributed by atoms with Crippen LogP contribution >= 0.6 is 11.6 Å². The molecule has 0 aliphatic heterocycles. The summed E-state index contributed by atoms with van der Waals surface area (Å²) >= 11 is 5.37. The highest BCUT2D eigenvalue weighted by Gasteiger charge is 2.23. The third-order valence-electron chi connectivity index (χ3n) is 1.92. The number of carbonyl (C=O) groups excluding carboxylic acids is 1. The Morgan fingerprint density at radius 2 is 1.94 bits per heavy atom. The lowest BCUT2D eigenvalue weighted by Gasteiger charge is -2.06. The van der Waals surface area contributed by atoms with Gasteiger partial charge in [0.15, 0.2) is 9.84 Å². The van der Waals surface area contributed by atoms with E-state index < -0.39 is 48.8 Å². The maximum Gasteiger partial charge on any atom is 0.337 e. The number of rotatable bonds is 4. The molecule has 98 valence electrons. The lowest BCUT2D eigenvalue weighted by Crippen LogP contribution is -2.23. The van der Waals surface area contributed by atoms with E-state index in [0.717, 1.165) is 0 Å². The SMILES string of the molecule is NC(=O)CS(=O)(=O)c1cc(F)c(Cl)c(C(=O)O)c1. The standard InChI is InChI=1S/C9H7ClFNO5S/c10-8-5(9(14)15)1-4(2-6(8)11)18(16,17)3-7(12)13/h1-2H,3H2,(H2,12,13)(H,14,15). The van der Waals surface area contributed by atoms with Crippen molar-refractivity contribution >= 4 is 33.3 Å². The Morgan fingerprint density at radius 1 is 1.39 bits per heavy atom. The number of carboxylic acids is 1. The number of hydrogen-bond acceptors (Lipinski definition) is 4. The van der Waals surface area contributed by atoms with Crippen molar-refractivity contribution < 1.29 is 27.5 Å². The van der Waals surface area contributed by atoms with Gasteiger partial charge in [0.1, 0.15) is 11.6 Å². The van der Waals surface area contributed by atoms with Crippen LogP contribution in [0.3, 0.4) is 0 Å². The first-order chi connectivity index (χ1) is 8.15. The fourth-order valence-electron chi connectivity index (χ4n) is 1.17. The van der Waals surface area contributed by atoms with Crippen LogP contribution in [0.15, 0.2) is 17.0 Å². The number of carbonyl (C=O) groups is 2. The molecule has 0 bridgehead atoms. The fraction of sp³-hybridized carbons (Fsp3) is 0.111. The van der Waals surface area contributed by atoms with E-state index >= 15 is 0 Å². The zero-order valence-corrected chi connectivity index (χ0v) is 10.3. The molecule has 6 nitrogen and oxygen atoms in total. The van der Waals surface area contributed by atoms with Crippen molar-refractivity contribution in [2.45, 2.75) is 4.90 Å². The molecule has 0 spiro atoms. The van der Waals surface area contributed by atoms with Gasteiger partial charge in [-0.05, 0) is 12.1 Å². The number of aromatic carboxylic acids is 1. The zero-order chi connectivity index (χ0) is 14.1. The Kier molecular flexibility index (Phi) is 3.92. The molecule has 0 aromatic heterocycles. The van der Waals surface area contributed by atoms with Gasteiger partial charge in [0.05, 0.1) is 15.5 Å². The van der Waals surface area contributed by atoms with Crippen LogP contribution in [0, 0.1) is 5.82 Å². The summed E-state index contributed by atoms with van der Waals surface area (Å²) in [6.07, 6.45) is 0. The quantitative estimate of drug-likeness (QED) is 0.836. The van der Waals surface area contributed by atoms with Crippen molar-refractivity contribution in [3.8, 4) is 0 Å². The molecule has 0 saturated carbocycles. The molecule has 1 rings (SSSR count). The predicted molar refractivity (Wildman–Crippen MR) is 59.6 cm³/mol. The first-order valence-corrected chi connectivity index (χ1v) is 6.41. The Bertz CT molecular complexity index is 628. The number of halogens is 2. The van der Waals surface area contributed by atoms with Gasteiger partial charge < -0.3 is 10.8 Å². The zero-order valence-electron chi connectivity index (χ0n) is 8.68. The van der Waals surface area contributed by atoms with Crippen LogP contribution < -0.4 is 5.73 Å². The lowest BCUT2D eigenvalue weighted by molar-refractivity contribution is -0.115. The maximum atomic E-state index is 13.3. The van der Waals surface area contributed by atoms with Gasteiger partial charge in [-0.1, -0.05) is 11.6 Å². The van der Waals surface area contributed by atoms with E-state index in [9.17, 15) is 22.4 Å². The van der Waals surface area contributed by atoms with E-state index in [1.54, 1.807) is 0 Å². The van der Waals surface area contributed by atoms with E-state index in [1.807, 2.05) is 0 Å². The van der Waals surface area contributed by atoms with Crippen LogP contribution in [-0.2, 0) is 14.6 Å². The Balaban J connectivity index is 3.45. The molecule has 18 heavy (non-hydrogen) atoms. The Hall–Kier alpha value is -1.67. The van der Waals surface area contributed by atoms with Gasteiger partial charge in [-0.2, -0.15) is 0 Å². The van der Waals surface area contributed by atoms with Crippen molar-refractivity contribution in [1.29, 1.82) is 0 Å². The minimum absolute atomic E-state index is 0.535. The molecule has 0 unspecified atom stereocenters. The number of nitrogens with two attached hydrogens (primary N) is 1. The number of carboxylic acid groups (broad SMARTS) is 1. The highest BCUT2D eigenvalue weighted by Crippen LogP contribution is 2.25. The molecule has 0 radical (unpaired) electrons. The third kappa shape index (κ3) is 2.96. The topological polar surface area (TPSA) is 115 Å². The van der Waals surface area contributed by atoms with Crippen LogP contribution in [0.4, 0.5) is 4.39 Å². The highest BCUT2D eigenvalue weighted by molar-refractivity contribution is 7.92. The van der Waals surface area contributed by atoms with Crippen molar-refractivity contribution in [2.75, 3.05) is 5.75 Å². The summed E-state index contributed by atoms with van der Waals surface area (Å²) in [5, 5.41) is 8.02. The van der Waals surface area contributed by atoms with Crippen molar-refractivity contribution in [2.24, 2.45) is 5.73 Å². The first-order valence-electron chi connectivity index (χ1n) is 4.38. The molecule has 9 heteroatoms. The van der Waals surface area contributed by atoms with Gasteiger partial charge in [0, 0.05) is 0 Å². The van der Waals surface area contributed by atoms with Gasteiger partial charge in [-0.15, -0.1) is 0 Å². The Labute approximate surface area is 106 Å². The Morgan fingerprint density at radius 3 is 2.39 bits per heavy atom. The summed E-state index contributed by atoms with van der Waals surface area (Å²) < 4.78 is 36.4. The van der Waals surface area contributed by atoms with Crippen LogP contribution in [0.5, 0.6) is 0 Å². The average Bonchev–Trinajstić information content (AvgIpc) is 2.19. The summed E-state index contributed by atoms with van der Waals surface area (Å²) in [6, 6.07) is 1.21. The van der Waals surface area contributed by atoms with Crippen LogP contribution in [0.25, 0.3) is 0 Å². The van der Waals surface area contributed by atoms with Crippen molar-refractivity contribution in [1.82, 2.24) is 0 Å².